The smallest absolute Gasteiger partial charge is 0.470 e. The molecule has 0 radical (unpaired) electrons. The number of phosphoric ester groups is 1. The summed E-state index contributed by atoms with van der Waals surface area (Å²) < 4.78 is 18.5. The van der Waals surface area contributed by atoms with Crippen molar-refractivity contribution in [1.82, 2.24) is 0 Å². The number of phenolic OH excluding ortho intramolecular Hbond substituents is 1. The molecule has 6 heteroatoms. The van der Waals surface area contributed by atoms with E-state index in [1.165, 1.54) is 167 Å². The summed E-state index contributed by atoms with van der Waals surface area (Å²) in [6.45, 7) is 12.7. The van der Waals surface area contributed by atoms with Gasteiger partial charge < -0.3 is 14.9 Å². The molecule has 0 saturated carbocycles. The molecule has 318 valence electrons. The molecule has 1 rings (SSSR count). The van der Waals surface area contributed by atoms with Crippen LogP contribution in [0.15, 0.2) is 12.1 Å². The van der Waals surface area contributed by atoms with Crippen molar-refractivity contribution >= 4 is 7.82 Å². The molecule has 0 aliphatic carbocycles. The predicted octanol–water partition coefficient (Wildman–Crippen LogP) is 16.6. The van der Waals surface area contributed by atoms with Crippen LogP contribution in [0.2, 0.25) is 0 Å². The molecule has 0 atom stereocenters. The van der Waals surface area contributed by atoms with Gasteiger partial charge in [-0.2, -0.15) is 0 Å². The highest BCUT2D eigenvalue weighted by Gasteiger charge is 2.40. The van der Waals surface area contributed by atoms with Crippen LogP contribution in [0.3, 0.4) is 0 Å². The molecule has 0 aromatic heterocycles. The number of phenols is 1. The molecule has 54 heavy (non-hydrogen) atoms. The summed E-state index contributed by atoms with van der Waals surface area (Å²) in [7, 11) is -4.78. The van der Waals surface area contributed by atoms with E-state index in [1.807, 2.05) is 19.1 Å². The number of hydrogen-bond donors (Lipinski definition) is 3. The third-order valence-corrected chi connectivity index (χ3v) is 12.4. The lowest BCUT2D eigenvalue weighted by Crippen LogP contribution is -2.30. The van der Waals surface area contributed by atoms with Crippen molar-refractivity contribution in [1.29, 1.82) is 0 Å². The van der Waals surface area contributed by atoms with Crippen molar-refractivity contribution in [3.8, 4) is 5.75 Å². The molecular formula is C48H91O5P. The monoisotopic (exact) mass is 779 g/mol. The zero-order valence-electron chi connectivity index (χ0n) is 36.8. The second kappa shape index (κ2) is 31.2. The van der Waals surface area contributed by atoms with Crippen LogP contribution in [0.5, 0.6) is 5.75 Å². The van der Waals surface area contributed by atoms with Gasteiger partial charge in [0, 0.05) is 0 Å². The molecule has 0 heterocycles. The third kappa shape index (κ3) is 25.4. The van der Waals surface area contributed by atoms with Gasteiger partial charge in [0.15, 0.2) is 0 Å². The molecule has 0 aliphatic heterocycles. The molecule has 3 N–H and O–H groups in total. The molecule has 0 bridgehead atoms. The van der Waals surface area contributed by atoms with Crippen LogP contribution in [0, 0.1) is 6.92 Å². The first-order chi connectivity index (χ1) is 25.9. The molecule has 0 spiro atoms. The fourth-order valence-electron chi connectivity index (χ4n) is 8.32. The highest BCUT2D eigenvalue weighted by molar-refractivity contribution is 7.46. The first kappa shape index (κ1) is 51.1. The van der Waals surface area contributed by atoms with Crippen LogP contribution in [0.4, 0.5) is 0 Å². The Balaban J connectivity index is 2.64. The number of hydrogen-bond acceptors (Lipinski definition) is 3. The van der Waals surface area contributed by atoms with Gasteiger partial charge in [0.2, 0.25) is 0 Å². The molecule has 5 nitrogen and oxygen atoms in total. The Morgan fingerprint density at radius 1 is 0.500 bits per heavy atom. The fraction of sp³-hybridized carbons (Fsp3) is 0.875. The first-order valence-electron chi connectivity index (χ1n) is 23.5. The summed E-state index contributed by atoms with van der Waals surface area (Å²) in [4.78, 5) is 20.6. The summed E-state index contributed by atoms with van der Waals surface area (Å²) in [6, 6.07) is 3.89. The Labute approximate surface area is 336 Å². The number of phosphoric acid groups is 1. The van der Waals surface area contributed by atoms with Crippen LogP contribution in [-0.2, 0) is 20.1 Å². The highest BCUT2D eigenvalue weighted by Crippen LogP contribution is 2.51. The molecule has 0 fully saturated rings. The lowest BCUT2D eigenvalue weighted by atomic mass is 9.78. The number of rotatable bonds is 37. The van der Waals surface area contributed by atoms with Gasteiger partial charge >= 0.3 is 7.82 Å². The summed E-state index contributed by atoms with van der Waals surface area (Å²) in [5.41, 5.74) is 0.934. The van der Waals surface area contributed by atoms with Gasteiger partial charge in [-0.25, -0.2) is 4.57 Å². The van der Waals surface area contributed by atoms with Gasteiger partial charge in [0.1, 0.15) is 11.4 Å². The van der Waals surface area contributed by atoms with E-state index in [2.05, 4.69) is 34.6 Å². The molecule has 1 aromatic rings. The fourth-order valence-corrected chi connectivity index (χ4v) is 9.06. The van der Waals surface area contributed by atoms with Crippen LogP contribution in [-0.4, -0.2) is 14.9 Å². The zero-order valence-corrected chi connectivity index (χ0v) is 37.7. The van der Waals surface area contributed by atoms with Gasteiger partial charge in [-0.05, 0) is 54.0 Å². The lowest BCUT2D eigenvalue weighted by molar-refractivity contribution is 0.0103. The van der Waals surface area contributed by atoms with Gasteiger partial charge in [0.05, 0.1) is 0 Å². The largest absolute Gasteiger partial charge is 0.507 e. The van der Waals surface area contributed by atoms with Crippen molar-refractivity contribution in [2.75, 3.05) is 0 Å². The van der Waals surface area contributed by atoms with Crippen molar-refractivity contribution in [2.24, 2.45) is 0 Å². The molecule has 0 aliphatic rings. The Morgan fingerprint density at radius 3 is 1.04 bits per heavy atom. The third-order valence-electron chi connectivity index (χ3n) is 11.8. The van der Waals surface area contributed by atoms with E-state index in [0.29, 0.717) is 12.8 Å². The molecule has 0 unspecified atom stereocenters. The minimum Gasteiger partial charge on any atom is -0.507 e. The van der Waals surface area contributed by atoms with Crippen LogP contribution in [0.1, 0.15) is 270 Å². The molecular weight excluding hydrogens is 687 g/mol. The molecule has 0 amide bonds. The Kier molecular flexibility index (Phi) is 29.5. The van der Waals surface area contributed by atoms with Gasteiger partial charge in [-0.15, -0.1) is 0 Å². The van der Waals surface area contributed by atoms with E-state index in [-0.39, 0.29) is 11.2 Å². The van der Waals surface area contributed by atoms with Gasteiger partial charge in [-0.3, -0.25) is 4.52 Å². The van der Waals surface area contributed by atoms with Crippen molar-refractivity contribution in [3.05, 3.63) is 28.8 Å². The average Bonchev–Trinajstić information content (AvgIpc) is 3.11. The molecule has 1 aromatic carbocycles. The quantitative estimate of drug-likeness (QED) is 0.0462. The van der Waals surface area contributed by atoms with E-state index in [4.69, 9.17) is 4.52 Å². The second-order valence-electron chi connectivity index (χ2n) is 18.1. The Bertz CT molecular complexity index is 1040. The summed E-state index contributed by atoms with van der Waals surface area (Å²) in [5, 5.41) is 11.0. The van der Waals surface area contributed by atoms with Crippen molar-refractivity contribution < 1.29 is 24.0 Å². The summed E-state index contributed by atoms with van der Waals surface area (Å²) >= 11 is 0. The van der Waals surface area contributed by atoms with Crippen LogP contribution < -0.4 is 0 Å². The van der Waals surface area contributed by atoms with E-state index >= 15 is 0 Å². The van der Waals surface area contributed by atoms with Crippen molar-refractivity contribution in [3.63, 3.8) is 0 Å². The molecule has 0 saturated heterocycles. The summed E-state index contributed by atoms with van der Waals surface area (Å²) in [6.07, 6.45) is 42.4. The number of unbranched alkanes of at least 4 members (excludes halogenated alkanes) is 30. The first-order valence-corrected chi connectivity index (χ1v) is 25.0. The Hall–Kier alpha value is -0.870. The van der Waals surface area contributed by atoms with Gasteiger partial charge in [-0.1, -0.05) is 240 Å². The maximum atomic E-state index is 12.6. The predicted molar refractivity (Wildman–Crippen MR) is 235 cm³/mol. The van der Waals surface area contributed by atoms with E-state index in [1.54, 1.807) is 0 Å². The maximum absolute atomic E-state index is 12.6. The minimum absolute atomic E-state index is 0.265. The number of aromatic hydroxyl groups is 1. The van der Waals surface area contributed by atoms with E-state index in [0.717, 1.165) is 55.2 Å². The number of aryl methyl sites for hydroxylation is 1. The normalized spacial score (nSPS) is 12.6. The second-order valence-corrected chi connectivity index (χ2v) is 19.3. The average molecular weight is 779 g/mol. The lowest BCUT2D eigenvalue weighted by Gasteiger charge is -2.36. The van der Waals surface area contributed by atoms with Crippen molar-refractivity contribution in [2.45, 2.75) is 271 Å². The van der Waals surface area contributed by atoms with E-state index < -0.39 is 13.4 Å². The van der Waals surface area contributed by atoms with Crippen LogP contribution >= 0.6 is 7.82 Å². The number of benzene rings is 1. The maximum Gasteiger partial charge on any atom is 0.470 e. The van der Waals surface area contributed by atoms with Crippen LogP contribution in [0.25, 0.3) is 0 Å². The minimum atomic E-state index is -4.78. The SMILES string of the molecule is CCCCCCCCCCCCCCCCCCC(CCCCCCCCCCCCCCCCCC)(OP(=O)(O)O)c1cc(C)c(O)c(C(C)(C)C)c1. The van der Waals surface area contributed by atoms with Gasteiger partial charge in [0.25, 0.3) is 0 Å². The highest BCUT2D eigenvalue weighted by atomic mass is 31.2. The standard InChI is InChI=1S/C48H91O5P/c1-7-9-11-13-15-17-19-21-23-25-27-29-31-33-35-37-39-48(53-54(50,51)52,44-41-43(3)46(49)45(42-44)47(4,5)6)40-38-36-34-32-30-28-26-24-22-20-18-16-14-12-10-8-2/h41-42,49H,7-40H2,1-6H3,(H2,50,51,52). The van der Waals surface area contributed by atoms with E-state index in [9.17, 15) is 19.5 Å². The topological polar surface area (TPSA) is 87.0 Å². The summed E-state index contributed by atoms with van der Waals surface area (Å²) in [5.74, 6) is 0.265. The zero-order chi connectivity index (χ0) is 40.0. The Morgan fingerprint density at radius 2 is 0.778 bits per heavy atom.